The van der Waals surface area contributed by atoms with Crippen molar-refractivity contribution in [3.8, 4) is 0 Å². The fraction of sp³-hybridized carbons (Fsp3) is 0.217. The maximum absolute atomic E-state index is 13.8. The second-order valence-electron chi connectivity index (χ2n) is 6.75. The zero-order valence-electron chi connectivity index (χ0n) is 17.5. The predicted molar refractivity (Wildman–Crippen MR) is 130 cm³/mol. The first kappa shape index (κ1) is 25.3. The quantitative estimate of drug-likeness (QED) is 0.220. The molecule has 6 nitrogen and oxygen atoms in total. The number of carbonyl (C=O) groups is 1. The Labute approximate surface area is 202 Å². The van der Waals surface area contributed by atoms with Crippen molar-refractivity contribution in [2.75, 3.05) is 6.54 Å². The van der Waals surface area contributed by atoms with Crippen LogP contribution in [-0.2, 0) is 19.6 Å². The number of halogens is 3. The molecule has 0 radical (unpaired) electrons. The summed E-state index contributed by atoms with van der Waals surface area (Å²) in [5.41, 5.74) is 1.56. The minimum Gasteiger partial charge on any atom is -0.467 e. The number of rotatable bonds is 8. The van der Waals surface area contributed by atoms with E-state index in [4.69, 9.17) is 4.42 Å². The number of guanidine groups is 1. The van der Waals surface area contributed by atoms with Crippen molar-refractivity contribution in [2.24, 2.45) is 4.99 Å². The summed E-state index contributed by atoms with van der Waals surface area (Å²) in [6.07, 6.45) is 1.55. The first-order chi connectivity index (χ1) is 15.0. The Bertz CT molecular complexity index is 1040. The molecule has 0 bridgehead atoms. The zero-order valence-corrected chi connectivity index (χ0v) is 19.9. The lowest BCUT2D eigenvalue weighted by Gasteiger charge is -2.12. The molecule has 3 aromatic rings. The Morgan fingerprint density at radius 1 is 1.00 bits per heavy atom. The first-order valence-electron chi connectivity index (χ1n) is 9.90. The summed E-state index contributed by atoms with van der Waals surface area (Å²) >= 11 is 0. The van der Waals surface area contributed by atoms with Gasteiger partial charge in [-0.05, 0) is 55.0 Å². The van der Waals surface area contributed by atoms with E-state index < -0.39 is 11.6 Å². The number of aliphatic imine (C=N–C) groups is 1. The molecular weight excluding hydrogens is 529 g/mol. The number of carbonyl (C=O) groups excluding carboxylic acids is 1. The van der Waals surface area contributed by atoms with Gasteiger partial charge >= 0.3 is 0 Å². The lowest BCUT2D eigenvalue weighted by atomic mass is 10.1. The standard InChI is InChI=1S/C23H24F2N4O2.HI/c1-2-26-23(29-14-18-12-19(24)8-9-21(18)25)28-13-16-5-3-6-17(11-16)22(30)27-15-20-7-4-10-31-20;/h3-12H,2,13-15H2,1H3,(H,27,30)(H2,26,28,29);1H. The van der Waals surface area contributed by atoms with Crippen LogP contribution in [0, 0.1) is 11.6 Å². The molecule has 0 saturated carbocycles. The second kappa shape index (κ2) is 12.8. The van der Waals surface area contributed by atoms with E-state index in [1.807, 2.05) is 13.0 Å². The van der Waals surface area contributed by atoms with E-state index in [-0.39, 0.29) is 42.0 Å². The smallest absolute Gasteiger partial charge is 0.251 e. The molecule has 0 aliphatic rings. The third-order valence-corrected chi connectivity index (χ3v) is 4.41. The Kier molecular flexibility index (Phi) is 10.1. The van der Waals surface area contributed by atoms with Crippen molar-refractivity contribution in [2.45, 2.75) is 26.6 Å². The number of amides is 1. The van der Waals surface area contributed by atoms with Crippen LogP contribution >= 0.6 is 24.0 Å². The van der Waals surface area contributed by atoms with E-state index in [9.17, 15) is 13.6 Å². The third kappa shape index (κ3) is 7.63. The molecule has 0 atom stereocenters. The van der Waals surface area contributed by atoms with Crippen LogP contribution in [0.3, 0.4) is 0 Å². The SMILES string of the molecule is CCNC(=NCc1cccc(C(=O)NCc2ccco2)c1)NCc1cc(F)ccc1F.I. The van der Waals surface area contributed by atoms with Gasteiger partial charge in [-0.2, -0.15) is 0 Å². The van der Waals surface area contributed by atoms with Crippen molar-refractivity contribution < 1.29 is 18.0 Å². The Morgan fingerprint density at radius 2 is 1.84 bits per heavy atom. The average molecular weight is 554 g/mol. The Hall–Kier alpha value is -2.95. The third-order valence-electron chi connectivity index (χ3n) is 4.41. The van der Waals surface area contributed by atoms with Gasteiger partial charge in [0, 0.05) is 24.2 Å². The molecule has 3 rings (SSSR count). The van der Waals surface area contributed by atoms with Gasteiger partial charge in [-0.25, -0.2) is 13.8 Å². The summed E-state index contributed by atoms with van der Waals surface area (Å²) in [4.78, 5) is 16.8. The molecule has 1 amide bonds. The van der Waals surface area contributed by atoms with Crippen molar-refractivity contribution in [1.82, 2.24) is 16.0 Å². The van der Waals surface area contributed by atoms with E-state index in [0.717, 1.165) is 23.8 Å². The van der Waals surface area contributed by atoms with E-state index in [1.54, 1.807) is 36.6 Å². The van der Waals surface area contributed by atoms with Gasteiger partial charge in [-0.1, -0.05) is 12.1 Å². The first-order valence-corrected chi connectivity index (χ1v) is 9.90. The summed E-state index contributed by atoms with van der Waals surface area (Å²) in [5, 5.41) is 8.86. The predicted octanol–water partition coefficient (Wildman–Crippen LogP) is 4.36. The number of nitrogens with one attached hydrogen (secondary N) is 3. The molecule has 1 aromatic heterocycles. The summed E-state index contributed by atoms with van der Waals surface area (Å²) in [7, 11) is 0. The highest BCUT2D eigenvalue weighted by molar-refractivity contribution is 14.0. The van der Waals surface area contributed by atoms with Crippen LogP contribution in [0.4, 0.5) is 8.78 Å². The molecule has 2 aromatic carbocycles. The highest BCUT2D eigenvalue weighted by atomic mass is 127. The van der Waals surface area contributed by atoms with Crippen LogP contribution in [0.5, 0.6) is 0 Å². The Balaban J connectivity index is 0.00000363. The van der Waals surface area contributed by atoms with Crippen molar-refractivity contribution >= 4 is 35.8 Å². The van der Waals surface area contributed by atoms with Crippen LogP contribution in [0.2, 0.25) is 0 Å². The molecule has 9 heteroatoms. The summed E-state index contributed by atoms with van der Waals surface area (Å²) in [6.45, 7) is 3.21. The fourth-order valence-electron chi connectivity index (χ4n) is 2.86. The van der Waals surface area contributed by atoms with Crippen molar-refractivity contribution in [3.05, 3.63) is 94.9 Å². The number of hydrogen-bond acceptors (Lipinski definition) is 3. The molecule has 0 fully saturated rings. The zero-order chi connectivity index (χ0) is 22.1. The molecule has 0 aliphatic carbocycles. The van der Waals surface area contributed by atoms with Gasteiger partial charge in [-0.15, -0.1) is 24.0 Å². The summed E-state index contributed by atoms with van der Waals surface area (Å²) in [5.74, 6) is -0.0711. The molecule has 0 aliphatic heterocycles. The van der Waals surface area contributed by atoms with Gasteiger partial charge in [0.15, 0.2) is 5.96 Å². The van der Waals surface area contributed by atoms with Crippen molar-refractivity contribution in [1.29, 1.82) is 0 Å². The highest BCUT2D eigenvalue weighted by Gasteiger charge is 2.08. The van der Waals surface area contributed by atoms with Crippen LogP contribution in [0.1, 0.15) is 34.2 Å². The maximum atomic E-state index is 13.8. The minimum atomic E-state index is -0.498. The van der Waals surface area contributed by atoms with Gasteiger partial charge in [-0.3, -0.25) is 4.79 Å². The monoisotopic (exact) mass is 554 g/mol. The molecule has 170 valence electrons. The maximum Gasteiger partial charge on any atom is 0.251 e. The molecular formula is C23H25F2IN4O2. The van der Waals surface area contributed by atoms with Crippen molar-refractivity contribution in [3.63, 3.8) is 0 Å². The van der Waals surface area contributed by atoms with Crippen LogP contribution in [0.15, 0.2) is 70.3 Å². The average Bonchev–Trinajstić information content (AvgIpc) is 3.30. The fourth-order valence-corrected chi connectivity index (χ4v) is 2.86. The van der Waals surface area contributed by atoms with Crippen LogP contribution in [0.25, 0.3) is 0 Å². The van der Waals surface area contributed by atoms with E-state index in [1.165, 1.54) is 0 Å². The number of furan rings is 1. The molecule has 0 unspecified atom stereocenters. The van der Waals surface area contributed by atoms with Gasteiger partial charge < -0.3 is 20.4 Å². The van der Waals surface area contributed by atoms with Gasteiger partial charge in [0.05, 0.1) is 19.4 Å². The van der Waals surface area contributed by atoms with Gasteiger partial charge in [0.1, 0.15) is 17.4 Å². The lowest BCUT2D eigenvalue weighted by molar-refractivity contribution is 0.0948. The lowest BCUT2D eigenvalue weighted by Crippen LogP contribution is -2.37. The normalized spacial score (nSPS) is 10.9. The van der Waals surface area contributed by atoms with Gasteiger partial charge in [0.2, 0.25) is 0 Å². The molecule has 0 saturated heterocycles. The van der Waals surface area contributed by atoms with E-state index in [2.05, 4.69) is 20.9 Å². The van der Waals surface area contributed by atoms with E-state index >= 15 is 0 Å². The molecule has 3 N–H and O–H groups in total. The largest absolute Gasteiger partial charge is 0.467 e. The van der Waals surface area contributed by atoms with Crippen LogP contribution in [-0.4, -0.2) is 18.4 Å². The number of hydrogen-bond donors (Lipinski definition) is 3. The molecule has 32 heavy (non-hydrogen) atoms. The van der Waals surface area contributed by atoms with E-state index in [0.29, 0.717) is 36.9 Å². The number of benzene rings is 2. The molecule has 0 spiro atoms. The summed E-state index contributed by atoms with van der Waals surface area (Å²) < 4.78 is 32.4. The second-order valence-corrected chi connectivity index (χ2v) is 6.75. The van der Waals surface area contributed by atoms with Crippen LogP contribution < -0.4 is 16.0 Å². The van der Waals surface area contributed by atoms with Gasteiger partial charge in [0.25, 0.3) is 5.91 Å². The highest BCUT2D eigenvalue weighted by Crippen LogP contribution is 2.10. The topological polar surface area (TPSA) is 78.7 Å². The number of nitrogens with zero attached hydrogens (tertiary/aromatic N) is 1. The Morgan fingerprint density at radius 3 is 2.59 bits per heavy atom. The minimum absolute atomic E-state index is 0. The summed E-state index contributed by atoms with van der Waals surface area (Å²) in [6, 6.07) is 14.0. The molecule has 1 heterocycles.